The van der Waals surface area contributed by atoms with E-state index in [1.165, 1.54) is 0 Å². The molecule has 0 saturated heterocycles. The molecule has 3 rings (SSSR count). The van der Waals surface area contributed by atoms with Crippen molar-refractivity contribution in [3.05, 3.63) is 72.6 Å². The number of hydrogen-bond donors (Lipinski definition) is 0. The van der Waals surface area contributed by atoms with Crippen LogP contribution in [0.5, 0.6) is 0 Å². The number of aryl methyl sites for hydroxylation is 1. The molecule has 0 aliphatic heterocycles. The topological polar surface area (TPSA) is 25.8 Å². The van der Waals surface area contributed by atoms with Crippen LogP contribution in [0, 0.1) is 0 Å². The molecular weight excluding hydrogens is 244 g/mol. The normalized spacial score (nSPS) is 10.4. The minimum Gasteiger partial charge on any atom is -0.256 e. The van der Waals surface area contributed by atoms with Gasteiger partial charge in [0.1, 0.15) is 0 Å². The molecule has 0 unspecified atom stereocenters. The number of nitrogens with zero attached hydrogens (tertiary/aromatic N) is 2. The monoisotopic (exact) mass is 260 g/mol. The predicted octanol–water partition coefficient (Wildman–Crippen LogP) is 4.37. The highest BCUT2D eigenvalue weighted by atomic mass is 14.7. The quantitative estimate of drug-likeness (QED) is 0.698. The van der Waals surface area contributed by atoms with E-state index in [0.29, 0.717) is 0 Å². The van der Waals surface area contributed by atoms with Crippen molar-refractivity contribution >= 4 is 0 Å². The molecule has 2 heterocycles. The van der Waals surface area contributed by atoms with Crippen LogP contribution in [0.2, 0.25) is 0 Å². The Labute approximate surface area is 119 Å². The lowest BCUT2D eigenvalue weighted by molar-refractivity contribution is 1.04. The molecule has 0 N–H and O–H groups in total. The SMILES string of the molecule is CCc1cc(-c2ccccn2)cc(-c2ccccc2)n1. The van der Waals surface area contributed by atoms with Crippen LogP contribution >= 0.6 is 0 Å². The third kappa shape index (κ3) is 2.59. The average Bonchev–Trinajstić information content (AvgIpc) is 2.56. The maximum Gasteiger partial charge on any atom is 0.0712 e. The van der Waals surface area contributed by atoms with E-state index < -0.39 is 0 Å². The van der Waals surface area contributed by atoms with Crippen LogP contribution < -0.4 is 0 Å². The summed E-state index contributed by atoms with van der Waals surface area (Å²) in [6.07, 6.45) is 2.74. The Kier molecular flexibility index (Phi) is 3.55. The fourth-order valence-electron chi connectivity index (χ4n) is 2.21. The molecule has 0 fully saturated rings. The summed E-state index contributed by atoms with van der Waals surface area (Å²) in [5, 5.41) is 0. The molecule has 0 amide bonds. The fourth-order valence-corrected chi connectivity index (χ4v) is 2.21. The minimum absolute atomic E-state index is 0.917. The standard InChI is InChI=1S/C18H16N2/c1-2-16-12-15(17-10-6-7-11-19-17)13-18(20-16)14-8-4-3-5-9-14/h3-13H,2H2,1H3. The Morgan fingerprint density at radius 2 is 1.60 bits per heavy atom. The molecule has 2 heteroatoms. The summed E-state index contributed by atoms with van der Waals surface area (Å²) in [4.78, 5) is 9.15. The van der Waals surface area contributed by atoms with Gasteiger partial charge in [-0.05, 0) is 30.7 Å². The van der Waals surface area contributed by atoms with Gasteiger partial charge in [-0.3, -0.25) is 9.97 Å². The zero-order chi connectivity index (χ0) is 13.8. The maximum absolute atomic E-state index is 4.72. The highest BCUT2D eigenvalue weighted by Gasteiger charge is 2.06. The Hall–Kier alpha value is -2.48. The first-order chi connectivity index (χ1) is 9.86. The molecule has 3 aromatic rings. The highest BCUT2D eigenvalue weighted by Crippen LogP contribution is 2.24. The largest absolute Gasteiger partial charge is 0.256 e. The highest BCUT2D eigenvalue weighted by molar-refractivity contribution is 5.68. The van der Waals surface area contributed by atoms with Crippen molar-refractivity contribution in [2.75, 3.05) is 0 Å². The molecule has 20 heavy (non-hydrogen) atoms. The van der Waals surface area contributed by atoms with Gasteiger partial charge >= 0.3 is 0 Å². The second-order valence-corrected chi connectivity index (χ2v) is 4.67. The van der Waals surface area contributed by atoms with Gasteiger partial charge in [0.25, 0.3) is 0 Å². The van der Waals surface area contributed by atoms with Gasteiger partial charge in [0.2, 0.25) is 0 Å². The van der Waals surface area contributed by atoms with Gasteiger partial charge in [0, 0.05) is 23.0 Å². The van der Waals surface area contributed by atoms with Gasteiger partial charge in [-0.1, -0.05) is 43.3 Å². The lowest BCUT2D eigenvalue weighted by atomic mass is 10.0. The first kappa shape index (κ1) is 12.5. The van der Waals surface area contributed by atoms with E-state index >= 15 is 0 Å². The summed E-state index contributed by atoms with van der Waals surface area (Å²) in [5.41, 5.74) is 5.34. The van der Waals surface area contributed by atoms with E-state index in [9.17, 15) is 0 Å². The zero-order valence-corrected chi connectivity index (χ0v) is 11.5. The van der Waals surface area contributed by atoms with Crippen molar-refractivity contribution in [1.82, 2.24) is 9.97 Å². The molecule has 2 aromatic heterocycles. The second kappa shape index (κ2) is 5.66. The van der Waals surface area contributed by atoms with Crippen LogP contribution in [0.1, 0.15) is 12.6 Å². The summed E-state index contributed by atoms with van der Waals surface area (Å²) < 4.78 is 0. The summed E-state index contributed by atoms with van der Waals surface area (Å²) in [6, 6.07) is 20.5. The first-order valence-electron chi connectivity index (χ1n) is 6.84. The predicted molar refractivity (Wildman–Crippen MR) is 82.3 cm³/mol. The second-order valence-electron chi connectivity index (χ2n) is 4.67. The molecule has 0 spiro atoms. The molecule has 0 radical (unpaired) electrons. The van der Waals surface area contributed by atoms with Crippen molar-refractivity contribution in [1.29, 1.82) is 0 Å². The third-order valence-corrected chi connectivity index (χ3v) is 3.27. The fraction of sp³-hybridized carbons (Fsp3) is 0.111. The maximum atomic E-state index is 4.72. The first-order valence-corrected chi connectivity index (χ1v) is 6.84. The van der Waals surface area contributed by atoms with E-state index in [-0.39, 0.29) is 0 Å². The lowest BCUT2D eigenvalue weighted by Crippen LogP contribution is -1.93. The van der Waals surface area contributed by atoms with E-state index in [2.05, 4.69) is 36.2 Å². The number of rotatable bonds is 3. The van der Waals surface area contributed by atoms with E-state index in [4.69, 9.17) is 4.98 Å². The summed E-state index contributed by atoms with van der Waals surface area (Å²) in [5.74, 6) is 0. The molecule has 98 valence electrons. The van der Waals surface area contributed by atoms with Crippen LogP contribution in [-0.4, -0.2) is 9.97 Å². The van der Waals surface area contributed by atoms with E-state index in [1.807, 2.05) is 42.6 Å². The molecule has 0 bridgehead atoms. The van der Waals surface area contributed by atoms with Gasteiger partial charge in [-0.25, -0.2) is 0 Å². The van der Waals surface area contributed by atoms with Crippen LogP contribution in [0.4, 0.5) is 0 Å². The Morgan fingerprint density at radius 3 is 2.30 bits per heavy atom. The average molecular weight is 260 g/mol. The molecule has 0 atom stereocenters. The van der Waals surface area contributed by atoms with E-state index in [1.54, 1.807) is 0 Å². The van der Waals surface area contributed by atoms with Gasteiger partial charge in [0.05, 0.1) is 11.4 Å². The van der Waals surface area contributed by atoms with Crippen molar-refractivity contribution < 1.29 is 0 Å². The van der Waals surface area contributed by atoms with Gasteiger partial charge in [-0.15, -0.1) is 0 Å². The van der Waals surface area contributed by atoms with Crippen molar-refractivity contribution in [3.63, 3.8) is 0 Å². The Morgan fingerprint density at radius 1 is 0.800 bits per heavy atom. The zero-order valence-electron chi connectivity index (χ0n) is 11.5. The van der Waals surface area contributed by atoms with Crippen LogP contribution in [0.25, 0.3) is 22.5 Å². The minimum atomic E-state index is 0.917. The summed E-state index contributed by atoms with van der Waals surface area (Å²) in [6.45, 7) is 2.12. The van der Waals surface area contributed by atoms with Crippen LogP contribution in [0.15, 0.2) is 66.9 Å². The molecule has 0 aliphatic rings. The van der Waals surface area contributed by atoms with Gasteiger partial charge in [-0.2, -0.15) is 0 Å². The van der Waals surface area contributed by atoms with E-state index in [0.717, 1.165) is 34.6 Å². The van der Waals surface area contributed by atoms with Crippen molar-refractivity contribution in [3.8, 4) is 22.5 Å². The molecule has 0 aliphatic carbocycles. The molecule has 0 saturated carbocycles. The van der Waals surface area contributed by atoms with Gasteiger partial charge < -0.3 is 0 Å². The number of hydrogen-bond acceptors (Lipinski definition) is 2. The summed E-state index contributed by atoms with van der Waals surface area (Å²) >= 11 is 0. The molecule has 1 aromatic carbocycles. The number of aromatic nitrogens is 2. The summed E-state index contributed by atoms with van der Waals surface area (Å²) in [7, 11) is 0. The number of pyridine rings is 2. The van der Waals surface area contributed by atoms with Crippen LogP contribution in [0.3, 0.4) is 0 Å². The smallest absolute Gasteiger partial charge is 0.0712 e. The lowest BCUT2D eigenvalue weighted by Gasteiger charge is -2.08. The molecular formula is C18H16N2. The van der Waals surface area contributed by atoms with Crippen molar-refractivity contribution in [2.24, 2.45) is 0 Å². The van der Waals surface area contributed by atoms with Crippen LogP contribution in [-0.2, 0) is 6.42 Å². The Balaban J connectivity index is 2.13. The van der Waals surface area contributed by atoms with Gasteiger partial charge in [0.15, 0.2) is 0 Å². The Bertz CT molecular complexity index is 633. The number of benzene rings is 1. The third-order valence-electron chi connectivity index (χ3n) is 3.27. The van der Waals surface area contributed by atoms with Crippen molar-refractivity contribution in [2.45, 2.75) is 13.3 Å². The molecule has 2 nitrogen and oxygen atoms in total.